The van der Waals surface area contributed by atoms with Gasteiger partial charge in [0.05, 0.1) is 17.4 Å². The molecule has 27 heavy (non-hydrogen) atoms. The molecule has 0 atom stereocenters. The highest BCUT2D eigenvalue weighted by Gasteiger charge is 2.07. The van der Waals surface area contributed by atoms with E-state index in [4.69, 9.17) is 0 Å². The molecule has 0 aliphatic heterocycles. The molecule has 3 rings (SSSR count). The third-order valence-electron chi connectivity index (χ3n) is 3.67. The monoisotopic (exact) mass is 361 g/mol. The quantitative estimate of drug-likeness (QED) is 0.627. The minimum Gasteiger partial charge on any atom is -0.354 e. The van der Waals surface area contributed by atoms with Crippen LogP contribution < -0.4 is 16.0 Å². The molecule has 1 aromatic carbocycles. The Labute approximate surface area is 156 Å². The number of aromatic nitrogens is 2. The molecule has 2 heterocycles. The summed E-state index contributed by atoms with van der Waals surface area (Å²) < 4.78 is 0. The summed E-state index contributed by atoms with van der Waals surface area (Å²) >= 11 is 0. The topological polar surface area (TPSA) is 96.0 Å². The summed E-state index contributed by atoms with van der Waals surface area (Å²) in [6.07, 6.45) is 6.51. The van der Waals surface area contributed by atoms with Crippen molar-refractivity contribution in [1.82, 2.24) is 15.3 Å². The average molecular weight is 361 g/mol. The van der Waals surface area contributed by atoms with Crippen molar-refractivity contribution in [2.75, 3.05) is 10.6 Å². The lowest BCUT2D eigenvalue weighted by atomic mass is 10.2. The van der Waals surface area contributed by atoms with Gasteiger partial charge in [0.25, 0.3) is 5.91 Å². The summed E-state index contributed by atoms with van der Waals surface area (Å²) in [4.78, 5) is 31.6. The van der Waals surface area contributed by atoms with Crippen molar-refractivity contribution in [2.45, 2.75) is 13.5 Å². The lowest BCUT2D eigenvalue weighted by Crippen LogP contribution is -2.23. The fourth-order valence-electron chi connectivity index (χ4n) is 2.46. The first-order valence-electron chi connectivity index (χ1n) is 8.37. The maximum absolute atomic E-state index is 12.4. The summed E-state index contributed by atoms with van der Waals surface area (Å²) in [5.74, 6) is -0.350. The molecule has 0 aliphatic carbocycles. The van der Waals surface area contributed by atoms with Crippen LogP contribution in [0.15, 0.2) is 67.3 Å². The van der Waals surface area contributed by atoms with Gasteiger partial charge in [-0.3, -0.25) is 19.6 Å². The Morgan fingerprint density at radius 3 is 2.48 bits per heavy atom. The van der Waals surface area contributed by atoms with Crippen molar-refractivity contribution in [1.29, 1.82) is 0 Å². The zero-order valence-corrected chi connectivity index (χ0v) is 14.8. The Kier molecular flexibility index (Phi) is 5.73. The number of pyridine rings is 2. The number of benzene rings is 1. The number of amides is 2. The number of rotatable bonds is 6. The Hall–Kier alpha value is -3.74. The Morgan fingerprint density at radius 2 is 1.70 bits per heavy atom. The fraction of sp³-hybridized carbons (Fsp3) is 0.100. The van der Waals surface area contributed by atoms with Gasteiger partial charge in [0, 0.05) is 43.4 Å². The molecule has 7 nitrogen and oxygen atoms in total. The molecular weight excluding hydrogens is 342 g/mol. The Morgan fingerprint density at radius 1 is 0.926 bits per heavy atom. The molecule has 0 radical (unpaired) electrons. The van der Waals surface area contributed by atoms with E-state index < -0.39 is 0 Å². The molecule has 0 unspecified atom stereocenters. The molecule has 0 aliphatic rings. The maximum Gasteiger partial charge on any atom is 0.253 e. The summed E-state index contributed by atoms with van der Waals surface area (Å²) in [5, 5.41) is 8.77. The van der Waals surface area contributed by atoms with E-state index in [1.54, 1.807) is 36.8 Å². The number of carbonyl (C=O) groups excluding carboxylic acids is 2. The van der Waals surface area contributed by atoms with Crippen LogP contribution in [-0.4, -0.2) is 21.8 Å². The number of anilines is 3. The molecule has 136 valence electrons. The van der Waals surface area contributed by atoms with Gasteiger partial charge in [-0.1, -0.05) is 6.07 Å². The molecule has 3 aromatic rings. The predicted molar refractivity (Wildman–Crippen MR) is 104 cm³/mol. The zero-order valence-electron chi connectivity index (χ0n) is 14.8. The molecule has 0 bridgehead atoms. The van der Waals surface area contributed by atoms with Gasteiger partial charge < -0.3 is 16.0 Å². The van der Waals surface area contributed by atoms with Crippen LogP contribution in [0.4, 0.5) is 17.1 Å². The van der Waals surface area contributed by atoms with E-state index in [-0.39, 0.29) is 11.8 Å². The van der Waals surface area contributed by atoms with Crippen LogP contribution in [-0.2, 0) is 11.3 Å². The molecule has 2 aromatic heterocycles. The third kappa shape index (κ3) is 5.37. The van der Waals surface area contributed by atoms with Gasteiger partial charge in [0.2, 0.25) is 5.91 Å². The van der Waals surface area contributed by atoms with Gasteiger partial charge in [-0.25, -0.2) is 0 Å². The minimum atomic E-state index is -0.213. The van der Waals surface area contributed by atoms with E-state index in [1.165, 1.54) is 13.1 Å². The van der Waals surface area contributed by atoms with Gasteiger partial charge in [-0.15, -0.1) is 0 Å². The van der Waals surface area contributed by atoms with Gasteiger partial charge in [-0.2, -0.15) is 0 Å². The highest BCUT2D eigenvalue weighted by atomic mass is 16.2. The van der Waals surface area contributed by atoms with Gasteiger partial charge in [-0.05, 0) is 42.0 Å². The summed E-state index contributed by atoms with van der Waals surface area (Å²) in [5.41, 5.74) is 3.55. The van der Waals surface area contributed by atoms with Crippen LogP contribution in [0.2, 0.25) is 0 Å². The highest BCUT2D eigenvalue weighted by molar-refractivity contribution is 5.95. The number of hydrogen-bond acceptors (Lipinski definition) is 5. The molecular formula is C20H19N5O2. The van der Waals surface area contributed by atoms with E-state index >= 15 is 0 Å². The zero-order chi connectivity index (χ0) is 19.1. The van der Waals surface area contributed by atoms with E-state index in [1.807, 2.05) is 24.3 Å². The first-order chi connectivity index (χ1) is 13.1. The van der Waals surface area contributed by atoms with Crippen LogP contribution in [0.1, 0.15) is 22.8 Å². The number of hydrogen-bond donors (Lipinski definition) is 3. The van der Waals surface area contributed by atoms with Crippen molar-refractivity contribution < 1.29 is 9.59 Å². The third-order valence-corrected chi connectivity index (χ3v) is 3.67. The summed E-state index contributed by atoms with van der Waals surface area (Å²) in [6, 6.07) is 12.7. The van der Waals surface area contributed by atoms with Gasteiger partial charge in [0.1, 0.15) is 0 Å². The standard InChI is InChI=1S/C20H19N5O2/c1-14(26)24-17-3-2-4-18(10-17)25-19-9-16(12-22-13-19)20(27)23-11-15-5-7-21-8-6-15/h2-10,12-13,25H,11H2,1H3,(H,23,27)(H,24,26). The Bertz CT molecular complexity index is 944. The fourth-order valence-corrected chi connectivity index (χ4v) is 2.46. The lowest BCUT2D eigenvalue weighted by Gasteiger charge is -2.10. The minimum absolute atomic E-state index is 0.137. The summed E-state index contributed by atoms with van der Waals surface area (Å²) in [6.45, 7) is 1.87. The largest absolute Gasteiger partial charge is 0.354 e. The summed E-state index contributed by atoms with van der Waals surface area (Å²) in [7, 11) is 0. The lowest BCUT2D eigenvalue weighted by molar-refractivity contribution is -0.114. The van der Waals surface area contributed by atoms with E-state index in [0.29, 0.717) is 23.5 Å². The van der Waals surface area contributed by atoms with Crippen LogP contribution in [0.3, 0.4) is 0 Å². The van der Waals surface area contributed by atoms with Crippen molar-refractivity contribution in [3.05, 3.63) is 78.4 Å². The second-order valence-corrected chi connectivity index (χ2v) is 5.89. The molecule has 0 saturated carbocycles. The number of nitrogens with one attached hydrogen (secondary N) is 3. The van der Waals surface area contributed by atoms with Crippen molar-refractivity contribution in [2.24, 2.45) is 0 Å². The average Bonchev–Trinajstić information content (AvgIpc) is 2.67. The van der Waals surface area contributed by atoms with E-state index in [9.17, 15) is 9.59 Å². The van der Waals surface area contributed by atoms with Crippen molar-refractivity contribution >= 4 is 28.9 Å². The van der Waals surface area contributed by atoms with Crippen molar-refractivity contribution in [3.63, 3.8) is 0 Å². The van der Waals surface area contributed by atoms with Crippen LogP contribution in [0, 0.1) is 0 Å². The van der Waals surface area contributed by atoms with Gasteiger partial charge in [0.15, 0.2) is 0 Å². The second kappa shape index (κ2) is 8.57. The molecule has 2 amide bonds. The molecule has 0 fully saturated rings. The van der Waals surface area contributed by atoms with E-state index in [2.05, 4.69) is 25.9 Å². The molecule has 3 N–H and O–H groups in total. The Balaban J connectivity index is 1.66. The molecule has 7 heteroatoms. The van der Waals surface area contributed by atoms with E-state index in [0.717, 1.165) is 11.3 Å². The maximum atomic E-state index is 12.4. The second-order valence-electron chi connectivity index (χ2n) is 5.89. The predicted octanol–water partition coefficient (Wildman–Crippen LogP) is 3.11. The van der Waals surface area contributed by atoms with Crippen molar-refractivity contribution in [3.8, 4) is 0 Å². The highest BCUT2D eigenvalue weighted by Crippen LogP contribution is 2.20. The van der Waals surface area contributed by atoms with Crippen LogP contribution in [0.5, 0.6) is 0 Å². The molecule has 0 saturated heterocycles. The smallest absolute Gasteiger partial charge is 0.253 e. The normalized spacial score (nSPS) is 10.1. The first-order valence-corrected chi connectivity index (χ1v) is 8.37. The molecule has 0 spiro atoms. The van der Waals surface area contributed by atoms with Crippen LogP contribution in [0.25, 0.3) is 0 Å². The first kappa shape index (κ1) is 18.1. The van der Waals surface area contributed by atoms with Crippen LogP contribution >= 0.6 is 0 Å². The number of nitrogens with zero attached hydrogens (tertiary/aromatic N) is 2. The number of carbonyl (C=O) groups is 2. The SMILES string of the molecule is CC(=O)Nc1cccc(Nc2cncc(C(=O)NCc3ccncc3)c2)c1. The van der Waals surface area contributed by atoms with Gasteiger partial charge >= 0.3 is 0 Å².